The number of methoxy groups -OCH3 is 2. The lowest BCUT2D eigenvalue weighted by atomic mass is 9.87. The molecule has 2 atom stereocenters. The zero-order chi connectivity index (χ0) is 27.8. The summed E-state index contributed by atoms with van der Waals surface area (Å²) in [6.07, 6.45) is 3.08. The Balaban J connectivity index is 1.86. The minimum absolute atomic E-state index is 0.0770. The van der Waals surface area contributed by atoms with Crippen LogP contribution in [0.25, 0.3) is 22.1 Å². The van der Waals surface area contributed by atoms with E-state index in [9.17, 15) is 4.39 Å². The Morgan fingerprint density at radius 2 is 1.53 bits per heavy atom. The first-order valence-electron chi connectivity index (χ1n) is 12.9. The first-order chi connectivity index (χ1) is 17.9. The molecule has 1 N–H and O–H groups in total. The van der Waals surface area contributed by atoms with Gasteiger partial charge in [0.05, 0.1) is 23.1 Å². The van der Waals surface area contributed by atoms with E-state index in [1.165, 1.54) is 6.20 Å². The summed E-state index contributed by atoms with van der Waals surface area (Å²) in [7, 11) is 3.29. The highest BCUT2D eigenvalue weighted by atomic mass is 19.1. The number of hydrogen-bond donors (Lipinski definition) is 1. The van der Waals surface area contributed by atoms with Crippen molar-refractivity contribution < 1.29 is 23.3 Å². The summed E-state index contributed by atoms with van der Waals surface area (Å²) in [6.45, 7) is 15.1. The van der Waals surface area contributed by atoms with Crippen molar-refractivity contribution in [3.63, 3.8) is 0 Å². The number of hydrogen-bond acceptors (Lipinski definition) is 6. The third-order valence-corrected chi connectivity index (χ3v) is 6.99. The lowest BCUT2D eigenvalue weighted by Gasteiger charge is -2.30. The van der Waals surface area contributed by atoms with Crippen molar-refractivity contribution in [1.82, 2.24) is 19.5 Å². The summed E-state index contributed by atoms with van der Waals surface area (Å²) in [5.74, 6) is 0.613. The van der Waals surface area contributed by atoms with E-state index >= 15 is 0 Å². The number of nitrogens with zero attached hydrogens (tertiary/aromatic N) is 3. The highest BCUT2D eigenvalue weighted by Crippen LogP contribution is 2.39. The Morgan fingerprint density at radius 1 is 0.921 bits per heavy atom. The molecule has 0 aliphatic carbocycles. The predicted octanol–water partition coefficient (Wildman–Crippen LogP) is 5.96. The first-order valence-corrected chi connectivity index (χ1v) is 12.9. The van der Waals surface area contributed by atoms with Crippen LogP contribution in [-0.2, 0) is 20.4 Å². The molecule has 0 spiro atoms. The number of halogens is 1. The molecular formula is C29H39FN4O4. The van der Waals surface area contributed by atoms with Gasteiger partial charge in [-0.2, -0.15) is 9.97 Å². The third-order valence-electron chi connectivity index (χ3n) is 6.99. The van der Waals surface area contributed by atoms with Crippen LogP contribution in [0.1, 0.15) is 59.6 Å². The molecule has 0 radical (unpaired) electrons. The molecule has 206 valence electrons. The summed E-state index contributed by atoms with van der Waals surface area (Å²) in [5, 5.41) is 1.38. The summed E-state index contributed by atoms with van der Waals surface area (Å²) in [6, 6.07) is 5.97. The van der Waals surface area contributed by atoms with Gasteiger partial charge in [0.15, 0.2) is 0 Å². The molecule has 0 aliphatic rings. The second kappa shape index (κ2) is 10.5. The standard InChI is InChI=1S/C29H39FN4O4/c1-17(35-8)15-37-26-21(28(3,4)5)12-19-10-11-34(25(19)33-26)29(6,7)22-13-20-23(30)14-31-24(20)32-27(22)38-16-18(2)36-9/h10-14,17-18H,15-16H2,1-9H3,(H,31,32). The summed E-state index contributed by atoms with van der Waals surface area (Å²) in [4.78, 5) is 12.5. The number of aromatic amines is 1. The van der Waals surface area contributed by atoms with E-state index in [1.54, 1.807) is 20.3 Å². The van der Waals surface area contributed by atoms with Gasteiger partial charge < -0.3 is 28.5 Å². The van der Waals surface area contributed by atoms with Gasteiger partial charge in [0.1, 0.15) is 30.3 Å². The van der Waals surface area contributed by atoms with Gasteiger partial charge in [-0.3, -0.25) is 0 Å². The van der Waals surface area contributed by atoms with Gasteiger partial charge in [-0.1, -0.05) is 20.8 Å². The molecule has 4 aromatic rings. The molecule has 9 heteroatoms. The van der Waals surface area contributed by atoms with E-state index in [-0.39, 0.29) is 23.4 Å². The minimum atomic E-state index is -0.703. The third kappa shape index (κ3) is 5.35. The molecule has 4 rings (SSSR count). The monoisotopic (exact) mass is 526 g/mol. The lowest BCUT2D eigenvalue weighted by Crippen LogP contribution is -2.29. The molecule has 0 aliphatic heterocycles. The summed E-state index contributed by atoms with van der Waals surface area (Å²) < 4.78 is 39.7. The molecule has 0 amide bonds. The van der Waals surface area contributed by atoms with Gasteiger partial charge in [-0.15, -0.1) is 0 Å². The van der Waals surface area contributed by atoms with E-state index in [1.807, 2.05) is 40.0 Å². The van der Waals surface area contributed by atoms with Crippen molar-refractivity contribution >= 4 is 22.1 Å². The summed E-state index contributed by atoms with van der Waals surface area (Å²) in [5.41, 5.74) is 2.03. The maximum atomic E-state index is 14.6. The molecule has 0 saturated carbocycles. The van der Waals surface area contributed by atoms with Crippen molar-refractivity contribution in [2.45, 2.75) is 71.6 Å². The van der Waals surface area contributed by atoms with Crippen LogP contribution in [0.4, 0.5) is 4.39 Å². The number of ether oxygens (including phenoxy) is 4. The van der Waals surface area contributed by atoms with Crippen LogP contribution in [0.15, 0.2) is 30.6 Å². The van der Waals surface area contributed by atoms with Crippen LogP contribution >= 0.6 is 0 Å². The van der Waals surface area contributed by atoms with E-state index in [4.69, 9.17) is 23.9 Å². The number of rotatable bonds is 10. The minimum Gasteiger partial charge on any atom is -0.475 e. The fourth-order valence-electron chi connectivity index (χ4n) is 4.35. The number of fused-ring (bicyclic) bond motifs is 2. The normalized spacial score (nSPS) is 14.3. The van der Waals surface area contributed by atoms with Gasteiger partial charge in [0.2, 0.25) is 11.8 Å². The maximum Gasteiger partial charge on any atom is 0.221 e. The predicted molar refractivity (Wildman–Crippen MR) is 147 cm³/mol. The van der Waals surface area contributed by atoms with Crippen molar-refractivity contribution in [3.05, 3.63) is 47.5 Å². The van der Waals surface area contributed by atoms with Crippen molar-refractivity contribution in [2.24, 2.45) is 0 Å². The number of pyridine rings is 2. The molecule has 4 aromatic heterocycles. The van der Waals surface area contributed by atoms with Crippen LogP contribution in [-0.4, -0.2) is 59.2 Å². The molecule has 2 unspecified atom stereocenters. The highest BCUT2D eigenvalue weighted by molar-refractivity contribution is 5.81. The van der Waals surface area contributed by atoms with Crippen LogP contribution < -0.4 is 9.47 Å². The molecule has 0 bridgehead atoms. The number of nitrogens with one attached hydrogen (secondary N) is 1. The molecular weight excluding hydrogens is 487 g/mol. The van der Waals surface area contributed by atoms with Gasteiger partial charge in [-0.25, -0.2) is 4.39 Å². The summed E-state index contributed by atoms with van der Waals surface area (Å²) >= 11 is 0. The quantitative estimate of drug-likeness (QED) is 0.275. The first kappa shape index (κ1) is 27.9. The smallest absolute Gasteiger partial charge is 0.221 e. The van der Waals surface area contributed by atoms with Gasteiger partial charge in [0, 0.05) is 43.1 Å². The lowest BCUT2D eigenvalue weighted by molar-refractivity contribution is 0.0690. The molecule has 0 aromatic carbocycles. The van der Waals surface area contributed by atoms with Crippen molar-refractivity contribution in [3.8, 4) is 11.8 Å². The average Bonchev–Trinajstić information content (AvgIpc) is 3.47. The Kier molecular flexibility index (Phi) is 7.72. The largest absolute Gasteiger partial charge is 0.475 e. The fourth-order valence-corrected chi connectivity index (χ4v) is 4.35. The molecule has 38 heavy (non-hydrogen) atoms. The molecule has 0 fully saturated rings. The molecule has 4 heterocycles. The van der Waals surface area contributed by atoms with E-state index < -0.39 is 5.54 Å². The number of H-pyrrole nitrogens is 1. The highest BCUT2D eigenvalue weighted by Gasteiger charge is 2.32. The Hall–Kier alpha value is -3.17. The Bertz CT molecular complexity index is 1420. The van der Waals surface area contributed by atoms with Crippen molar-refractivity contribution in [1.29, 1.82) is 0 Å². The second-order valence-corrected chi connectivity index (χ2v) is 11.3. The van der Waals surface area contributed by atoms with Crippen LogP contribution in [0.5, 0.6) is 11.8 Å². The van der Waals surface area contributed by atoms with Gasteiger partial charge in [0.25, 0.3) is 0 Å². The second-order valence-electron chi connectivity index (χ2n) is 11.3. The number of aromatic nitrogens is 4. The SMILES string of the molecule is COC(C)COc1nc2c(ccn2C(C)(C)c2cc3c(F)c[nH]c3nc2OCC(C)OC)cc1C(C)(C)C. The maximum absolute atomic E-state index is 14.6. The topological polar surface area (TPSA) is 83.4 Å². The molecule has 0 saturated heterocycles. The Labute approximate surface area is 223 Å². The van der Waals surface area contributed by atoms with E-state index in [2.05, 4.69) is 41.4 Å². The van der Waals surface area contributed by atoms with Crippen LogP contribution in [0, 0.1) is 5.82 Å². The van der Waals surface area contributed by atoms with Gasteiger partial charge >= 0.3 is 0 Å². The molecule has 8 nitrogen and oxygen atoms in total. The van der Waals surface area contributed by atoms with Crippen LogP contribution in [0.2, 0.25) is 0 Å². The Morgan fingerprint density at radius 3 is 2.11 bits per heavy atom. The van der Waals surface area contributed by atoms with Crippen molar-refractivity contribution in [2.75, 3.05) is 27.4 Å². The van der Waals surface area contributed by atoms with E-state index in [0.29, 0.717) is 36.0 Å². The zero-order valence-electron chi connectivity index (χ0n) is 23.8. The zero-order valence-corrected chi connectivity index (χ0v) is 23.8. The average molecular weight is 527 g/mol. The van der Waals surface area contributed by atoms with E-state index in [0.717, 1.165) is 22.2 Å². The van der Waals surface area contributed by atoms with Crippen LogP contribution in [0.3, 0.4) is 0 Å². The fraction of sp³-hybridized carbons (Fsp3) is 0.517. The van der Waals surface area contributed by atoms with Gasteiger partial charge in [-0.05, 0) is 51.3 Å².